The van der Waals surface area contributed by atoms with Crippen LogP contribution < -0.4 is 5.32 Å². The number of alkyl halides is 3. The van der Waals surface area contributed by atoms with Gasteiger partial charge in [0.1, 0.15) is 18.1 Å². The second kappa shape index (κ2) is 11.1. The summed E-state index contributed by atoms with van der Waals surface area (Å²) < 4.78 is 57.1. The number of benzene rings is 1. The number of oxazole rings is 1. The van der Waals surface area contributed by atoms with Gasteiger partial charge in [0.25, 0.3) is 0 Å². The SMILES string of the molecule is CN=C(NCCc1coc(-c2ccc(F)cc2)n1)N1CCN(C(C)C(F)(F)F)CC1.I. The van der Waals surface area contributed by atoms with Crippen LogP contribution in [0, 0.1) is 5.82 Å². The van der Waals surface area contributed by atoms with E-state index in [1.54, 1.807) is 25.4 Å². The first-order chi connectivity index (χ1) is 14.3. The average Bonchev–Trinajstić information content (AvgIpc) is 3.19. The molecule has 2 heterocycles. The van der Waals surface area contributed by atoms with Gasteiger partial charge in [-0.2, -0.15) is 13.2 Å². The van der Waals surface area contributed by atoms with Crippen molar-refractivity contribution in [3.8, 4) is 11.5 Å². The van der Waals surface area contributed by atoms with E-state index in [1.165, 1.54) is 24.0 Å². The summed E-state index contributed by atoms with van der Waals surface area (Å²) in [5.41, 5.74) is 1.43. The lowest BCUT2D eigenvalue weighted by molar-refractivity contribution is -0.181. The van der Waals surface area contributed by atoms with Crippen molar-refractivity contribution < 1.29 is 22.0 Å². The predicted octanol–water partition coefficient (Wildman–Crippen LogP) is 3.79. The van der Waals surface area contributed by atoms with E-state index in [-0.39, 0.29) is 29.8 Å². The molecule has 2 aromatic rings. The van der Waals surface area contributed by atoms with Crippen molar-refractivity contribution in [2.45, 2.75) is 25.6 Å². The van der Waals surface area contributed by atoms with Crippen molar-refractivity contribution in [2.75, 3.05) is 39.8 Å². The van der Waals surface area contributed by atoms with Gasteiger partial charge in [0.15, 0.2) is 5.96 Å². The molecule has 0 aliphatic carbocycles. The van der Waals surface area contributed by atoms with Gasteiger partial charge < -0.3 is 14.6 Å². The standard InChI is InChI=1S/C20H25F4N5O.HI/c1-14(20(22,23)24)28-9-11-29(12-10-28)19(25-2)26-8-7-17-13-30-18(27-17)15-3-5-16(21)6-4-15;/h3-6,13-14H,7-12H2,1-2H3,(H,25,26);1H. The van der Waals surface area contributed by atoms with E-state index in [0.29, 0.717) is 56.6 Å². The summed E-state index contributed by atoms with van der Waals surface area (Å²) in [6.07, 6.45) is -2.08. The van der Waals surface area contributed by atoms with Gasteiger partial charge in [-0.05, 0) is 31.2 Å². The average molecular weight is 555 g/mol. The largest absolute Gasteiger partial charge is 0.444 e. The maximum absolute atomic E-state index is 13.0. The lowest BCUT2D eigenvalue weighted by Crippen LogP contribution is -2.56. The molecule has 1 fully saturated rings. The minimum atomic E-state index is -4.22. The first-order valence-corrected chi connectivity index (χ1v) is 9.74. The quantitative estimate of drug-likeness (QED) is 0.264. The minimum Gasteiger partial charge on any atom is -0.444 e. The molecule has 31 heavy (non-hydrogen) atoms. The Kier molecular flexibility index (Phi) is 9.10. The zero-order valence-corrected chi connectivity index (χ0v) is 19.7. The Bertz CT molecular complexity index is 848. The summed E-state index contributed by atoms with van der Waals surface area (Å²) in [4.78, 5) is 12.0. The fraction of sp³-hybridized carbons (Fsp3) is 0.500. The molecule has 1 N–H and O–H groups in total. The van der Waals surface area contributed by atoms with Crippen LogP contribution in [0.3, 0.4) is 0 Å². The molecule has 11 heteroatoms. The van der Waals surface area contributed by atoms with Gasteiger partial charge in [-0.25, -0.2) is 9.37 Å². The van der Waals surface area contributed by atoms with Crippen LogP contribution in [0.4, 0.5) is 17.6 Å². The number of nitrogens with zero attached hydrogens (tertiary/aromatic N) is 4. The monoisotopic (exact) mass is 555 g/mol. The van der Waals surface area contributed by atoms with Crippen molar-refractivity contribution in [3.05, 3.63) is 42.0 Å². The van der Waals surface area contributed by atoms with Gasteiger partial charge in [-0.3, -0.25) is 9.89 Å². The summed E-state index contributed by atoms with van der Waals surface area (Å²) in [7, 11) is 1.65. The van der Waals surface area contributed by atoms with E-state index >= 15 is 0 Å². The molecule has 172 valence electrons. The molecule has 0 bridgehead atoms. The van der Waals surface area contributed by atoms with Crippen LogP contribution in [0.25, 0.3) is 11.5 Å². The molecule has 1 unspecified atom stereocenters. The summed E-state index contributed by atoms with van der Waals surface area (Å²) >= 11 is 0. The molecule has 0 saturated carbocycles. The van der Waals surface area contributed by atoms with Gasteiger partial charge in [0, 0.05) is 51.8 Å². The topological polar surface area (TPSA) is 56.9 Å². The summed E-state index contributed by atoms with van der Waals surface area (Å²) in [6.45, 7) is 3.33. The van der Waals surface area contributed by atoms with Crippen molar-refractivity contribution in [1.82, 2.24) is 20.1 Å². The van der Waals surface area contributed by atoms with E-state index in [1.807, 2.05) is 4.90 Å². The van der Waals surface area contributed by atoms with Crippen molar-refractivity contribution in [2.24, 2.45) is 4.99 Å². The Morgan fingerprint density at radius 3 is 2.42 bits per heavy atom. The third kappa shape index (κ3) is 6.79. The van der Waals surface area contributed by atoms with Crippen molar-refractivity contribution >= 4 is 29.9 Å². The van der Waals surface area contributed by atoms with Crippen LogP contribution in [0.1, 0.15) is 12.6 Å². The van der Waals surface area contributed by atoms with Gasteiger partial charge in [-0.15, -0.1) is 24.0 Å². The van der Waals surface area contributed by atoms with Crippen molar-refractivity contribution in [1.29, 1.82) is 0 Å². The number of piperazine rings is 1. The first-order valence-electron chi connectivity index (χ1n) is 9.74. The highest BCUT2D eigenvalue weighted by molar-refractivity contribution is 14.0. The van der Waals surface area contributed by atoms with E-state index in [0.717, 1.165) is 5.69 Å². The number of rotatable bonds is 5. The Labute approximate surface area is 195 Å². The zero-order valence-electron chi connectivity index (χ0n) is 17.3. The molecule has 3 rings (SSSR count). The zero-order chi connectivity index (χ0) is 21.7. The predicted molar refractivity (Wildman–Crippen MR) is 121 cm³/mol. The van der Waals surface area contributed by atoms with Gasteiger partial charge in [-0.1, -0.05) is 0 Å². The number of aromatic nitrogens is 1. The maximum atomic E-state index is 13.0. The Balaban J connectivity index is 0.00000341. The molecule has 1 aliphatic heterocycles. The lowest BCUT2D eigenvalue weighted by Gasteiger charge is -2.39. The third-order valence-electron chi connectivity index (χ3n) is 5.15. The molecule has 1 saturated heterocycles. The Morgan fingerprint density at radius 1 is 1.19 bits per heavy atom. The minimum absolute atomic E-state index is 0. The second-order valence-corrected chi connectivity index (χ2v) is 7.12. The molecule has 0 radical (unpaired) electrons. The number of aliphatic imine (C=N–C) groups is 1. The maximum Gasteiger partial charge on any atom is 0.403 e. The normalized spacial score (nSPS) is 16.7. The van der Waals surface area contributed by atoms with Crippen LogP contribution in [0.2, 0.25) is 0 Å². The molecule has 1 atom stereocenters. The van der Waals surface area contributed by atoms with Gasteiger partial charge in [0.2, 0.25) is 5.89 Å². The Morgan fingerprint density at radius 2 is 1.84 bits per heavy atom. The highest BCUT2D eigenvalue weighted by Crippen LogP contribution is 2.25. The van der Waals surface area contributed by atoms with E-state index in [4.69, 9.17) is 4.42 Å². The van der Waals surface area contributed by atoms with E-state index in [2.05, 4.69) is 15.3 Å². The highest BCUT2D eigenvalue weighted by Gasteiger charge is 2.41. The number of hydrogen-bond donors (Lipinski definition) is 1. The fourth-order valence-electron chi connectivity index (χ4n) is 3.31. The van der Waals surface area contributed by atoms with Crippen LogP contribution >= 0.6 is 24.0 Å². The van der Waals surface area contributed by atoms with Crippen LogP contribution in [-0.4, -0.2) is 72.7 Å². The van der Waals surface area contributed by atoms with Gasteiger partial charge in [0.05, 0.1) is 5.69 Å². The molecule has 0 spiro atoms. The fourth-order valence-corrected chi connectivity index (χ4v) is 3.31. The van der Waals surface area contributed by atoms with Crippen molar-refractivity contribution in [3.63, 3.8) is 0 Å². The number of hydrogen-bond acceptors (Lipinski definition) is 4. The van der Waals surface area contributed by atoms with Crippen LogP contribution in [0.15, 0.2) is 39.9 Å². The number of halogens is 5. The summed E-state index contributed by atoms with van der Waals surface area (Å²) in [6, 6.07) is 4.45. The summed E-state index contributed by atoms with van der Waals surface area (Å²) in [5.74, 6) is 0.746. The first kappa shape index (κ1) is 25.4. The number of guanidine groups is 1. The van der Waals surface area contributed by atoms with E-state index < -0.39 is 12.2 Å². The van der Waals surface area contributed by atoms with Crippen LogP contribution in [0.5, 0.6) is 0 Å². The molecule has 1 aromatic heterocycles. The lowest BCUT2D eigenvalue weighted by atomic mass is 10.2. The molecular formula is C20H26F4IN5O. The molecule has 0 amide bonds. The smallest absolute Gasteiger partial charge is 0.403 e. The third-order valence-corrected chi connectivity index (χ3v) is 5.15. The van der Waals surface area contributed by atoms with E-state index in [9.17, 15) is 17.6 Å². The van der Waals surface area contributed by atoms with Crippen LogP contribution in [-0.2, 0) is 6.42 Å². The second-order valence-electron chi connectivity index (χ2n) is 7.12. The Hall–Kier alpha value is -1.89. The molecule has 6 nitrogen and oxygen atoms in total. The summed E-state index contributed by atoms with van der Waals surface area (Å²) in [5, 5.41) is 3.22. The number of nitrogens with one attached hydrogen (secondary N) is 1. The highest BCUT2D eigenvalue weighted by atomic mass is 127. The molecule has 1 aliphatic rings. The molecular weight excluding hydrogens is 529 g/mol. The van der Waals surface area contributed by atoms with Gasteiger partial charge >= 0.3 is 6.18 Å². The molecule has 1 aromatic carbocycles.